The van der Waals surface area contributed by atoms with Crippen molar-refractivity contribution in [2.75, 3.05) is 11.4 Å². The molecular weight excluding hydrogens is 198 g/mol. The lowest BCUT2D eigenvalue weighted by atomic mass is 9.94. The number of carbonyl (C=O) groups is 2. The van der Waals surface area contributed by atoms with Gasteiger partial charge < -0.3 is 5.11 Å². The number of amides is 1. The van der Waals surface area contributed by atoms with Crippen molar-refractivity contribution in [2.24, 2.45) is 0 Å². The average Bonchev–Trinajstić information content (AvgIpc) is 2.63. The third-order valence-corrected chi connectivity index (χ3v) is 2.61. The van der Waals surface area contributed by atoms with Gasteiger partial charge in [-0.25, -0.2) is 0 Å². The molecule has 0 aliphatic carbocycles. The van der Waals surface area contributed by atoms with E-state index < -0.39 is 11.9 Å². The fourth-order valence-electron chi connectivity index (χ4n) is 1.86. The summed E-state index contributed by atoms with van der Waals surface area (Å²) in [5.74, 6) is -1.03. The van der Waals surface area contributed by atoms with Crippen molar-refractivity contribution in [2.45, 2.75) is 19.3 Å². The topological polar surface area (TPSA) is 86.3 Å². The maximum absolute atomic E-state index is 11.3. The van der Waals surface area contributed by atoms with Crippen LogP contribution < -0.4 is 4.90 Å². The molecule has 0 saturated carbocycles. The number of nitrogens with one attached hydrogen (secondary N) is 1. The first kappa shape index (κ1) is 9.70. The van der Waals surface area contributed by atoms with Gasteiger partial charge in [-0.05, 0) is 6.42 Å². The number of hydrogen-bond donors (Lipinski definition) is 2. The molecule has 1 unspecified atom stereocenters. The molecule has 0 saturated heterocycles. The number of anilines is 1. The highest BCUT2D eigenvalue weighted by Gasteiger charge is 2.32. The van der Waals surface area contributed by atoms with Gasteiger partial charge in [0.15, 0.2) is 0 Å². The van der Waals surface area contributed by atoms with E-state index in [1.54, 1.807) is 0 Å². The highest BCUT2D eigenvalue weighted by molar-refractivity contribution is 5.93. The molecule has 1 amide bonds. The second-order valence-corrected chi connectivity index (χ2v) is 3.52. The molecule has 2 N–H and O–H groups in total. The molecule has 1 aromatic heterocycles. The van der Waals surface area contributed by atoms with Gasteiger partial charge in [0, 0.05) is 19.0 Å². The van der Waals surface area contributed by atoms with Crippen molar-refractivity contribution in [1.29, 1.82) is 0 Å². The van der Waals surface area contributed by atoms with Gasteiger partial charge in [-0.3, -0.25) is 19.6 Å². The van der Waals surface area contributed by atoms with Crippen LogP contribution in [0.1, 0.15) is 24.8 Å². The van der Waals surface area contributed by atoms with Gasteiger partial charge in [0.1, 0.15) is 5.82 Å². The highest BCUT2D eigenvalue weighted by Crippen LogP contribution is 2.33. The summed E-state index contributed by atoms with van der Waals surface area (Å²) < 4.78 is 0. The zero-order valence-corrected chi connectivity index (χ0v) is 8.23. The van der Waals surface area contributed by atoms with Gasteiger partial charge in [-0.2, -0.15) is 5.10 Å². The zero-order chi connectivity index (χ0) is 11.0. The molecule has 6 nitrogen and oxygen atoms in total. The van der Waals surface area contributed by atoms with Crippen molar-refractivity contribution in [3.8, 4) is 0 Å². The maximum atomic E-state index is 11.3. The Kier molecular flexibility index (Phi) is 2.18. The van der Waals surface area contributed by atoms with Crippen LogP contribution in [0.5, 0.6) is 0 Å². The fourth-order valence-corrected chi connectivity index (χ4v) is 1.86. The number of nitrogens with zero attached hydrogens (tertiary/aromatic N) is 2. The number of H-pyrrole nitrogens is 1. The predicted octanol–water partition coefficient (Wildman–Crippen LogP) is 0.334. The molecule has 1 aromatic rings. The Balaban J connectivity index is 2.41. The van der Waals surface area contributed by atoms with E-state index in [-0.39, 0.29) is 5.91 Å². The second kappa shape index (κ2) is 3.38. The Morgan fingerprint density at radius 3 is 3.00 bits per heavy atom. The lowest BCUT2D eigenvalue weighted by molar-refractivity contribution is -0.139. The summed E-state index contributed by atoms with van der Waals surface area (Å²) in [4.78, 5) is 23.7. The number of carboxylic acid groups (broad SMARTS) is 1. The Hall–Kier alpha value is -1.85. The molecule has 6 heteroatoms. The second-order valence-electron chi connectivity index (χ2n) is 3.52. The van der Waals surface area contributed by atoms with E-state index in [2.05, 4.69) is 10.2 Å². The SMILES string of the molecule is CC(=O)N1CCC(C(=O)O)c2cn[nH]c21. The summed E-state index contributed by atoms with van der Waals surface area (Å²) in [5.41, 5.74) is 0.587. The van der Waals surface area contributed by atoms with E-state index in [9.17, 15) is 9.59 Å². The minimum absolute atomic E-state index is 0.107. The quantitative estimate of drug-likeness (QED) is 0.698. The van der Waals surface area contributed by atoms with Crippen LogP contribution in [0.15, 0.2) is 6.20 Å². The Morgan fingerprint density at radius 1 is 1.67 bits per heavy atom. The first-order valence-corrected chi connectivity index (χ1v) is 4.65. The van der Waals surface area contributed by atoms with E-state index in [1.807, 2.05) is 0 Å². The van der Waals surface area contributed by atoms with Gasteiger partial charge >= 0.3 is 5.97 Å². The van der Waals surface area contributed by atoms with Gasteiger partial charge in [0.25, 0.3) is 0 Å². The zero-order valence-electron chi connectivity index (χ0n) is 8.23. The molecule has 1 aliphatic heterocycles. The Bertz CT molecular complexity index is 376. The lowest BCUT2D eigenvalue weighted by Gasteiger charge is -2.28. The molecule has 2 rings (SSSR count). The number of aromatic nitrogens is 2. The molecule has 15 heavy (non-hydrogen) atoms. The highest BCUT2D eigenvalue weighted by atomic mass is 16.4. The van der Waals surface area contributed by atoms with E-state index >= 15 is 0 Å². The number of carbonyl (C=O) groups excluding carboxylic acids is 1. The van der Waals surface area contributed by atoms with Crippen LogP contribution in [0.25, 0.3) is 0 Å². The van der Waals surface area contributed by atoms with Crippen molar-refractivity contribution < 1.29 is 14.7 Å². The maximum Gasteiger partial charge on any atom is 0.311 e. The third-order valence-electron chi connectivity index (χ3n) is 2.61. The molecule has 0 aromatic carbocycles. The van der Waals surface area contributed by atoms with Crippen LogP contribution in [0.4, 0.5) is 5.82 Å². The van der Waals surface area contributed by atoms with Crippen LogP contribution in [0.3, 0.4) is 0 Å². The predicted molar refractivity (Wildman–Crippen MR) is 51.6 cm³/mol. The number of aromatic amines is 1. The van der Waals surface area contributed by atoms with Crippen LogP contribution in [-0.4, -0.2) is 33.7 Å². The van der Waals surface area contributed by atoms with Crippen molar-refractivity contribution in [1.82, 2.24) is 10.2 Å². The normalized spacial score (nSPS) is 19.8. The number of carboxylic acids is 1. The Morgan fingerprint density at radius 2 is 2.40 bits per heavy atom. The monoisotopic (exact) mass is 209 g/mol. The van der Waals surface area contributed by atoms with Gasteiger partial charge in [0.05, 0.1) is 12.1 Å². The number of hydrogen-bond acceptors (Lipinski definition) is 3. The summed E-state index contributed by atoms with van der Waals surface area (Å²) in [5, 5.41) is 15.4. The van der Waals surface area contributed by atoms with Gasteiger partial charge in [0.2, 0.25) is 5.91 Å². The molecule has 2 heterocycles. The number of fused-ring (bicyclic) bond motifs is 1. The number of rotatable bonds is 1. The minimum Gasteiger partial charge on any atom is -0.481 e. The summed E-state index contributed by atoms with van der Waals surface area (Å²) in [6.07, 6.45) is 1.91. The molecule has 1 atom stereocenters. The van der Waals surface area contributed by atoms with Gasteiger partial charge in [-0.15, -0.1) is 0 Å². The summed E-state index contributed by atoms with van der Waals surface area (Å²) in [7, 11) is 0. The van der Waals surface area contributed by atoms with E-state index in [1.165, 1.54) is 18.0 Å². The van der Waals surface area contributed by atoms with Crippen LogP contribution >= 0.6 is 0 Å². The third kappa shape index (κ3) is 1.47. The molecule has 0 spiro atoms. The average molecular weight is 209 g/mol. The minimum atomic E-state index is -0.874. The number of aliphatic carboxylic acids is 1. The van der Waals surface area contributed by atoms with Crippen LogP contribution in [0, 0.1) is 0 Å². The first-order chi connectivity index (χ1) is 7.11. The first-order valence-electron chi connectivity index (χ1n) is 4.65. The van der Waals surface area contributed by atoms with Crippen LogP contribution in [-0.2, 0) is 9.59 Å². The largest absolute Gasteiger partial charge is 0.481 e. The summed E-state index contributed by atoms with van der Waals surface area (Å²) >= 11 is 0. The standard InChI is InChI=1S/C9H11N3O3/c1-5(13)12-3-2-6(9(14)15)7-4-10-11-8(7)12/h4,6H,2-3H2,1H3,(H,10,11)(H,14,15). The molecule has 80 valence electrons. The molecule has 0 fully saturated rings. The molecule has 0 bridgehead atoms. The smallest absolute Gasteiger partial charge is 0.311 e. The summed E-state index contributed by atoms with van der Waals surface area (Å²) in [6, 6.07) is 0. The van der Waals surface area contributed by atoms with Gasteiger partial charge in [-0.1, -0.05) is 0 Å². The van der Waals surface area contributed by atoms with Crippen molar-refractivity contribution in [3.63, 3.8) is 0 Å². The van der Waals surface area contributed by atoms with Crippen LogP contribution in [0.2, 0.25) is 0 Å². The van der Waals surface area contributed by atoms with E-state index in [0.29, 0.717) is 24.3 Å². The Labute approximate surface area is 85.9 Å². The molecule has 1 aliphatic rings. The lowest BCUT2D eigenvalue weighted by Crippen LogP contribution is -2.36. The summed E-state index contributed by atoms with van der Waals surface area (Å²) in [6.45, 7) is 1.87. The fraction of sp³-hybridized carbons (Fsp3) is 0.444. The molecule has 0 radical (unpaired) electrons. The van der Waals surface area contributed by atoms with Crippen molar-refractivity contribution >= 4 is 17.7 Å². The van der Waals surface area contributed by atoms with E-state index in [4.69, 9.17) is 5.11 Å². The van der Waals surface area contributed by atoms with Crippen molar-refractivity contribution in [3.05, 3.63) is 11.8 Å². The van der Waals surface area contributed by atoms with E-state index in [0.717, 1.165) is 0 Å². The molecular formula is C9H11N3O3.